The van der Waals surface area contributed by atoms with Gasteiger partial charge in [0.05, 0.1) is 17.6 Å². The molecule has 0 aliphatic heterocycles. The summed E-state index contributed by atoms with van der Waals surface area (Å²) in [5, 5.41) is 12.2. The lowest BCUT2D eigenvalue weighted by molar-refractivity contribution is 0.0611. The zero-order valence-electron chi connectivity index (χ0n) is 11.2. The summed E-state index contributed by atoms with van der Waals surface area (Å²) in [7, 11) is 1.52. The fourth-order valence-corrected chi connectivity index (χ4v) is 2.69. The molecule has 102 valence electrons. The number of methoxy groups -OCH3 is 1. The Morgan fingerprint density at radius 3 is 2.94 bits per heavy atom. The standard InChI is InChI=1S/C13H21NO3S/c1-4-5-10-6-12(18-9(10)2)13(16)14-7-11(15)8-17-3/h6,11,15H,4-5,7-8H2,1-3H3,(H,14,16). The summed E-state index contributed by atoms with van der Waals surface area (Å²) in [5.41, 5.74) is 1.24. The first-order chi connectivity index (χ1) is 8.58. The van der Waals surface area contributed by atoms with Crippen LogP contribution in [0.4, 0.5) is 0 Å². The van der Waals surface area contributed by atoms with E-state index in [2.05, 4.69) is 12.2 Å². The van der Waals surface area contributed by atoms with E-state index in [0.717, 1.165) is 12.8 Å². The van der Waals surface area contributed by atoms with Gasteiger partial charge < -0.3 is 15.2 Å². The van der Waals surface area contributed by atoms with E-state index in [1.807, 2.05) is 13.0 Å². The Labute approximate surface area is 112 Å². The van der Waals surface area contributed by atoms with Gasteiger partial charge in [0.2, 0.25) is 0 Å². The zero-order chi connectivity index (χ0) is 13.5. The van der Waals surface area contributed by atoms with Crippen molar-refractivity contribution >= 4 is 17.2 Å². The molecule has 2 N–H and O–H groups in total. The minimum atomic E-state index is -0.657. The third-order valence-corrected chi connectivity index (χ3v) is 3.71. The van der Waals surface area contributed by atoms with Crippen LogP contribution in [0.3, 0.4) is 0 Å². The highest BCUT2D eigenvalue weighted by molar-refractivity contribution is 7.14. The van der Waals surface area contributed by atoms with Gasteiger partial charge >= 0.3 is 0 Å². The number of thiophene rings is 1. The molecular formula is C13H21NO3S. The van der Waals surface area contributed by atoms with E-state index < -0.39 is 6.10 Å². The van der Waals surface area contributed by atoms with Crippen LogP contribution in [0.1, 0.15) is 33.5 Å². The quantitative estimate of drug-likeness (QED) is 0.794. The third-order valence-electron chi connectivity index (χ3n) is 2.62. The Morgan fingerprint density at radius 2 is 2.33 bits per heavy atom. The second kappa shape index (κ2) is 7.51. The highest BCUT2D eigenvalue weighted by atomic mass is 32.1. The van der Waals surface area contributed by atoms with Crippen LogP contribution in [-0.2, 0) is 11.2 Å². The molecule has 1 heterocycles. The van der Waals surface area contributed by atoms with Crippen molar-refractivity contribution in [2.24, 2.45) is 0 Å². The van der Waals surface area contributed by atoms with Crippen molar-refractivity contribution in [3.8, 4) is 0 Å². The van der Waals surface area contributed by atoms with Crippen molar-refractivity contribution < 1.29 is 14.6 Å². The molecule has 0 bridgehead atoms. The average molecular weight is 271 g/mol. The number of ether oxygens (including phenoxy) is 1. The normalized spacial score (nSPS) is 12.4. The maximum absolute atomic E-state index is 11.9. The van der Waals surface area contributed by atoms with Gasteiger partial charge in [-0.05, 0) is 25.0 Å². The smallest absolute Gasteiger partial charge is 0.261 e. The number of nitrogens with one attached hydrogen (secondary N) is 1. The monoisotopic (exact) mass is 271 g/mol. The number of aliphatic hydroxyl groups is 1. The Kier molecular flexibility index (Phi) is 6.32. The van der Waals surface area contributed by atoms with Crippen molar-refractivity contribution in [1.82, 2.24) is 5.32 Å². The van der Waals surface area contributed by atoms with Crippen LogP contribution >= 0.6 is 11.3 Å². The van der Waals surface area contributed by atoms with Crippen LogP contribution in [0.25, 0.3) is 0 Å². The summed E-state index contributed by atoms with van der Waals surface area (Å²) in [6.45, 7) is 4.60. The number of hydrogen-bond donors (Lipinski definition) is 2. The van der Waals surface area contributed by atoms with Crippen LogP contribution in [-0.4, -0.2) is 37.4 Å². The molecule has 1 amide bonds. The van der Waals surface area contributed by atoms with Gasteiger partial charge in [0.25, 0.3) is 5.91 Å². The number of amides is 1. The Bertz CT molecular complexity index is 390. The maximum Gasteiger partial charge on any atom is 0.261 e. The second-order valence-electron chi connectivity index (χ2n) is 4.26. The topological polar surface area (TPSA) is 58.6 Å². The molecule has 0 saturated carbocycles. The number of aliphatic hydroxyl groups excluding tert-OH is 1. The van der Waals surface area contributed by atoms with E-state index >= 15 is 0 Å². The van der Waals surface area contributed by atoms with Gasteiger partial charge in [-0.3, -0.25) is 4.79 Å². The predicted molar refractivity (Wildman–Crippen MR) is 73.3 cm³/mol. The predicted octanol–water partition coefficient (Wildman–Crippen LogP) is 1.75. The van der Waals surface area contributed by atoms with Crippen LogP contribution in [0.15, 0.2) is 6.07 Å². The number of rotatable bonds is 7. The van der Waals surface area contributed by atoms with Crippen molar-refractivity contribution in [2.45, 2.75) is 32.8 Å². The zero-order valence-corrected chi connectivity index (χ0v) is 12.0. The van der Waals surface area contributed by atoms with E-state index in [1.165, 1.54) is 28.9 Å². The van der Waals surface area contributed by atoms with Crippen molar-refractivity contribution in [3.05, 3.63) is 21.4 Å². The molecule has 1 atom stereocenters. The summed E-state index contributed by atoms with van der Waals surface area (Å²) in [4.78, 5) is 13.8. The lowest BCUT2D eigenvalue weighted by Gasteiger charge is -2.09. The minimum Gasteiger partial charge on any atom is -0.389 e. The van der Waals surface area contributed by atoms with Gasteiger partial charge in [0.1, 0.15) is 0 Å². The molecule has 0 spiro atoms. The van der Waals surface area contributed by atoms with E-state index in [1.54, 1.807) is 0 Å². The van der Waals surface area contributed by atoms with Gasteiger partial charge in [0, 0.05) is 18.5 Å². The van der Waals surface area contributed by atoms with Gasteiger partial charge in [-0.1, -0.05) is 13.3 Å². The highest BCUT2D eigenvalue weighted by Crippen LogP contribution is 2.22. The van der Waals surface area contributed by atoms with Gasteiger partial charge in [0.15, 0.2) is 0 Å². The first-order valence-corrected chi connectivity index (χ1v) is 6.94. The lowest BCUT2D eigenvalue weighted by Crippen LogP contribution is -2.33. The van der Waals surface area contributed by atoms with Crippen LogP contribution < -0.4 is 5.32 Å². The van der Waals surface area contributed by atoms with Gasteiger partial charge in [-0.25, -0.2) is 0 Å². The molecule has 1 aromatic heterocycles. The van der Waals surface area contributed by atoms with E-state index in [9.17, 15) is 9.90 Å². The van der Waals surface area contributed by atoms with Crippen molar-refractivity contribution in [1.29, 1.82) is 0 Å². The summed E-state index contributed by atoms with van der Waals surface area (Å²) in [6, 6.07) is 1.95. The summed E-state index contributed by atoms with van der Waals surface area (Å²) < 4.78 is 4.80. The Morgan fingerprint density at radius 1 is 1.61 bits per heavy atom. The average Bonchev–Trinajstić information content (AvgIpc) is 2.69. The van der Waals surface area contributed by atoms with E-state index in [0.29, 0.717) is 4.88 Å². The minimum absolute atomic E-state index is 0.124. The fraction of sp³-hybridized carbons (Fsp3) is 0.615. The molecular weight excluding hydrogens is 250 g/mol. The molecule has 1 aromatic rings. The molecule has 0 aliphatic rings. The van der Waals surface area contributed by atoms with Crippen LogP contribution in [0.2, 0.25) is 0 Å². The highest BCUT2D eigenvalue weighted by Gasteiger charge is 2.13. The number of carbonyl (C=O) groups excluding carboxylic acids is 1. The molecule has 0 fully saturated rings. The Hall–Kier alpha value is -0.910. The van der Waals surface area contributed by atoms with Crippen LogP contribution in [0, 0.1) is 6.92 Å². The van der Waals surface area contributed by atoms with E-state index in [-0.39, 0.29) is 19.1 Å². The van der Waals surface area contributed by atoms with Crippen LogP contribution in [0.5, 0.6) is 0 Å². The Balaban J connectivity index is 2.53. The van der Waals surface area contributed by atoms with E-state index in [4.69, 9.17) is 4.74 Å². The SMILES string of the molecule is CCCc1cc(C(=O)NCC(O)COC)sc1C. The third kappa shape index (κ3) is 4.40. The summed E-state index contributed by atoms with van der Waals surface area (Å²) in [5.74, 6) is -0.124. The molecule has 0 saturated heterocycles. The number of hydrogen-bond acceptors (Lipinski definition) is 4. The molecule has 1 unspecified atom stereocenters. The number of aryl methyl sites for hydroxylation is 2. The summed E-state index contributed by atoms with van der Waals surface area (Å²) in [6.07, 6.45) is 1.42. The lowest BCUT2D eigenvalue weighted by atomic mass is 10.1. The van der Waals surface area contributed by atoms with Crippen molar-refractivity contribution in [3.63, 3.8) is 0 Å². The molecule has 5 heteroatoms. The summed E-state index contributed by atoms with van der Waals surface area (Å²) >= 11 is 1.50. The van der Waals surface area contributed by atoms with Gasteiger partial charge in [-0.15, -0.1) is 11.3 Å². The molecule has 4 nitrogen and oxygen atoms in total. The largest absolute Gasteiger partial charge is 0.389 e. The van der Waals surface area contributed by atoms with Gasteiger partial charge in [-0.2, -0.15) is 0 Å². The molecule has 0 aromatic carbocycles. The second-order valence-corrected chi connectivity index (χ2v) is 5.52. The maximum atomic E-state index is 11.9. The molecule has 18 heavy (non-hydrogen) atoms. The fourth-order valence-electron chi connectivity index (χ4n) is 1.70. The van der Waals surface area contributed by atoms with Crippen molar-refractivity contribution in [2.75, 3.05) is 20.3 Å². The first kappa shape index (κ1) is 15.1. The molecule has 1 rings (SSSR count). The number of carbonyl (C=O) groups is 1. The first-order valence-electron chi connectivity index (χ1n) is 6.13. The molecule has 0 radical (unpaired) electrons. The molecule has 0 aliphatic carbocycles.